The third kappa shape index (κ3) is 4.75. The molecular weight excluding hydrogens is 412 g/mol. The van der Waals surface area contributed by atoms with Crippen LogP contribution in [0, 0.1) is 5.92 Å². The second-order valence-corrected chi connectivity index (χ2v) is 10.5. The number of hydrogen-bond donors (Lipinski definition) is 0. The summed E-state index contributed by atoms with van der Waals surface area (Å²) in [4.78, 5) is 23.7. The summed E-state index contributed by atoms with van der Waals surface area (Å²) in [6, 6.07) is 8.67. The van der Waals surface area contributed by atoms with E-state index in [9.17, 15) is 4.79 Å². The first-order valence-electron chi connectivity index (χ1n) is 12.3. The average Bonchev–Trinajstić information content (AvgIpc) is 3.18. The number of aryl methyl sites for hydroxylation is 3. The van der Waals surface area contributed by atoms with Crippen molar-refractivity contribution in [2.45, 2.75) is 71.4 Å². The first-order valence-corrected chi connectivity index (χ1v) is 12.3. The lowest BCUT2D eigenvalue weighted by Gasteiger charge is -2.33. The third-order valence-corrected chi connectivity index (χ3v) is 6.85. The zero-order valence-electron chi connectivity index (χ0n) is 20.0. The molecule has 3 aromatic rings. The van der Waals surface area contributed by atoms with E-state index in [-0.39, 0.29) is 6.09 Å². The van der Waals surface area contributed by atoms with E-state index in [2.05, 4.69) is 33.9 Å². The van der Waals surface area contributed by atoms with Crippen molar-refractivity contribution in [3.05, 3.63) is 48.0 Å². The van der Waals surface area contributed by atoms with E-state index in [1.807, 2.05) is 37.9 Å². The maximum Gasteiger partial charge on any atom is 0.410 e. The summed E-state index contributed by atoms with van der Waals surface area (Å²) >= 11 is 0. The topological polar surface area (TPSA) is 60.2 Å². The summed E-state index contributed by atoms with van der Waals surface area (Å²) in [7, 11) is 0. The number of amides is 1. The minimum absolute atomic E-state index is 0.191. The fourth-order valence-electron chi connectivity index (χ4n) is 5.19. The van der Waals surface area contributed by atoms with E-state index in [0.717, 1.165) is 63.3 Å². The largest absolute Gasteiger partial charge is 0.444 e. The number of piperidine rings is 1. The number of ether oxygens (including phenoxy) is 1. The predicted molar refractivity (Wildman–Crippen MR) is 130 cm³/mol. The SMILES string of the molecule is CC(C)(C)OC(=O)N1CCC(CCc2nccc(-c3cn4c5c(cccc35)CCC4)n2)CC1. The predicted octanol–water partition coefficient (Wildman–Crippen LogP) is 5.62. The molecule has 0 bridgehead atoms. The van der Waals surface area contributed by atoms with E-state index in [1.165, 1.54) is 28.5 Å². The highest BCUT2D eigenvalue weighted by atomic mass is 16.6. The molecule has 2 aromatic heterocycles. The lowest BCUT2D eigenvalue weighted by atomic mass is 9.92. The monoisotopic (exact) mass is 446 g/mol. The molecule has 1 fully saturated rings. The third-order valence-electron chi connectivity index (χ3n) is 6.85. The van der Waals surface area contributed by atoms with Crippen LogP contribution in [0.25, 0.3) is 22.2 Å². The van der Waals surface area contributed by atoms with E-state index in [1.54, 1.807) is 0 Å². The van der Waals surface area contributed by atoms with Gasteiger partial charge in [-0.2, -0.15) is 0 Å². The molecule has 6 heteroatoms. The van der Waals surface area contributed by atoms with Gasteiger partial charge in [0.05, 0.1) is 11.2 Å². The molecule has 0 spiro atoms. The number of aromatic nitrogens is 3. The molecule has 0 atom stereocenters. The maximum absolute atomic E-state index is 12.3. The lowest BCUT2D eigenvalue weighted by molar-refractivity contribution is 0.0181. The van der Waals surface area contributed by atoms with Crippen molar-refractivity contribution in [1.82, 2.24) is 19.4 Å². The number of hydrogen-bond acceptors (Lipinski definition) is 4. The highest BCUT2D eigenvalue weighted by molar-refractivity contribution is 5.97. The van der Waals surface area contributed by atoms with Crippen molar-refractivity contribution in [2.24, 2.45) is 5.92 Å². The zero-order chi connectivity index (χ0) is 23.0. The summed E-state index contributed by atoms with van der Waals surface area (Å²) < 4.78 is 7.91. The molecule has 0 unspecified atom stereocenters. The molecule has 33 heavy (non-hydrogen) atoms. The van der Waals surface area contributed by atoms with Gasteiger partial charge in [0, 0.05) is 49.4 Å². The van der Waals surface area contributed by atoms with Gasteiger partial charge in [-0.1, -0.05) is 18.2 Å². The molecule has 1 amide bonds. The Hall–Kier alpha value is -2.89. The molecular formula is C27H34N4O2. The summed E-state index contributed by atoms with van der Waals surface area (Å²) in [6.45, 7) is 8.35. The minimum atomic E-state index is -0.443. The molecule has 1 aromatic carbocycles. The first-order chi connectivity index (χ1) is 15.9. The molecule has 1 saturated heterocycles. The lowest BCUT2D eigenvalue weighted by Crippen LogP contribution is -2.41. The van der Waals surface area contributed by atoms with Gasteiger partial charge in [-0.25, -0.2) is 14.8 Å². The standard InChI is InChI=1S/C27H34N4O2/c1-27(2,3)33-26(32)30-16-12-19(13-17-30)9-10-24-28-14-11-23(29-24)22-18-31-15-5-7-20-6-4-8-21(22)25(20)31/h4,6,8,11,14,18-19H,5,7,9-10,12-13,15-17H2,1-3H3. The molecule has 174 valence electrons. The number of likely N-dealkylation sites (tertiary alicyclic amines) is 1. The van der Waals surface area contributed by atoms with Gasteiger partial charge >= 0.3 is 6.09 Å². The molecule has 6 nitrogen and oxygen atoms in total. The molecule has 4 heterocycles. The second-order valence-electron chi connectivity index (χ2n) is 10.5. The van der Waals surface area contributed by atoms with Crippen LogP contribution in [0.4, 0.5) is 4.79 Å². The van der Waals surface area contributed by atoms with Crippen molar-refractivity contribution < 1.29 is 9.53 Å². The Kier molecular flexibility index (Phi) is 5.85. The highest BCUT2D eigenvalue weighted by Gasteiger charge is 2.27. The van der Waals surface area contributed by atoms with E-state index in [4.69, 9.17) is 9.72 Å². The van der Waals surface area contributed by atoms with Gasteiger partial charge in [0.2, 0.25) is 0 Å². The smallest absolute Gasteiger partial charge is 0.410 e. The van der Waals surface area contributed by atoms with Crippen LogP contribution in [0.2, 0.25) is 0 Å². The second kappa shape index (κ2) is 8.81. The van der Waals surface area contributed by atoms with E-state index < -0.39 is 5.60 Å². The van der Waals surface area contributed by atoms with Gasteiger partial charge in [-0.15, -0.1) is 0 Å². The summed E-state index contributed by atoms with van der Waals surface area (Å²) in [5.74, 6) is 1.50. The Morgan fingerprint density at radius 1 is 1.15 bits per heavy atom. The number of para-hydroxylation sites is 1. The quantitative estimate of drug-likeness (QED) is 0.522. The van der Waals surface area contributed by atoms with Crippen LogP contribution in [-0.2, 0) is 24.1 Å². The molecule has 0 aliphatic carbocycles. The van der Waals surface area contributed by atoms with Gasteiger partial charge in [-0.3, -0.25) is 0 Å². The van der Waals surface area contributed by atoms with Gasteiger partial charge in [0.25, 0.3) is 0 Å². The Labute approximate surface area is 196 Å². The molecule has 0 radical (unpaired) electrons. The van der Waals surface area contributed by atoms with Crippen LogP contribution >= 0.6 is 0 Å². The molecule has 0 saturated carbocycles. The number of carbonyl (C=O) groups is 1. The first kappa shape index (κ1) is 21.9. The van der Waals surface area contributed by atoms with Crippen LogP contribution in [0.3, 0.4) is 0 Å². The zero-order valence-corrected chi connectivity index (χ0v) is 20.0. The Bertz CT molecular complexity index is 1150. The molecule has 2 aliphatic rings. The number of rotatable bonds is 4. The van der Waals surface area contributed by atoms with Crippen molar-refractivity contribution in [3.8, 4) is 11.3 Å². The van der Waals surface area contributed by atoms with Gasteiger partial charge in [-0.05, 0) is 70.4 Å². The number of carbonyl (C=O) groups excluding carboxylic acids is 1. The van der Waals surface area contributed by atoms with Crippen molar-refractivity contribution in [1.29, 1.82) is 0 Å². The summed E-state index contributed by atoms with van der Waals surface area (Å²) in [5, 5.41) is 1.30. The van der Waals surface area contributed by atoms with Gasteiger partial charge in [0.1, 0.15) is 11.4 Å². The molecule has 5 rings (SSSR count). The minimum Gasteiger partial charge on any atom is -0.444 e. The van der Waals surface area contributed by atoms with Crippen LogP contribution in [0.1, 0.15) is 57.8 Å². The summed E-state index contributed by atoms with van der Waals surface area (Å²) in [6.07, 6.45) is 10.3. The van der Waals surface area contributed by atoms with E-state index in [0.29, 0.717) is 5.92 Å². The van der Waals surface area contributed by atoms with Crippen molar-refractivity contribution >= 4 is 17.0 Å². The van der Waals surface area contributed by atoms with Crippen LogP contribution < -0.4 is 0 Å². The Balaban J connectivity index is 1.23. The summed E-state index contributed by atoms with van der Waals surface area (Å²) in [5.41, 5.74) is 4.60. The average molecular weight is 447 g/mol. The number of benzene rings is 1. The number of nitrogens with zero attached hydrogens (tertiary/aromatic N) is 4. The van der Waals surface area contributed by atoms with Crippen molar-refractivity contribution in [3.63, 3.8) is 0 Å². The van der Waals surface area contributed by atoms with Crippen LogP contribution in [0.15, 0.2) is 36.7 Å². The molecule has 0 N–H and O–H groups in total. The normalized spacial score (nSPS) is 16.9. The Morgan fingerprint density at radius 2 is 1.97 bits per heavy atom. The maximum atomic E-state index is 12.3. The highest BCUT2D eigenvalue weighted by Crippen LogP contribution is 2.34. The van der Waals surface area contributed by atoms with E-state index >= 15 is 0 Å². The fourth-order valence-corrected chi connectivity index (χ4v) is 5.19. The van der Waals surface area contributed by atoms with Gasteiger partial charge in [0.15, 0.2) is 0 Å². The van der Waals surface area contributed by atoms with Crippen molar-refractivity contribution in [2.75, 3.05) is 13.1 Å². The van der Waals surface area contributed by atoms with Gasteiger partial charge < -0.3 is 14.2 Å². The van der Waals surface area contributed by atoms with Crippen LogP contribution in [0.5, 0.6) is 0 Å². The Morgan fingerprint density at radius 3 is 2.76 bits per heavy atom. The molecule has 2 aliphatic heterocycles. The fraction of sp³-hybridized carbons (Fsp3) is 0.519. The van der Waals surface area contributed by atoms with Crippen LogP contribution in [-0.4, -0.2) is 44.2 Å².